The molecular formula is C19H24N2O5. The van der Waals surface area contributed by atoms with E-state index in [4.69, 9.17) is 14.7 Å². The van der Waals surface area contributed by atoms with Crippen molar-refractivity contribution in [3.05, 3.63) is 23.8 Å². The van der Waals surface area contributed by atoms with Gasteiger partial charge in [-0.2, -0.15) is 5.26 Å². The molecule has 0 unspecified atom stereocenters. The van der Waals surface area contributed by atoms with Crippen molar-refractivity contribution in [2.45, 2.75) is 44.6 Å². The van der Waals surface area contributed by atoms with Crippen LogP contribution in [-0.4, -0.2) is 36.2 Å². The number of hydrogen-bond donors (Lipinski definition) is 2. The lowest BCUT2D eigenvalue weighted by Crippen LogP contribution is -2.57. The third-order valence-electron chi connectivity index (χ3n) is 4.98. The summed E-state index contributed by atoms with van der Waals surface area (Å²) in [6.07, 6.45) is 3.44. The lowest BCUT2D eigenvalue weighted by molar-refractivity contribution is -0.150. The van der Waals surface area contributed by atoms with Crippen molar-refractivity contribution in [2.75, 3.05) is 13.7 Å². The summed E-state index contributed by atoms with van der Waals surface area (Å²) < 4.78 is 10.6. The Kier molecular flexibility index (Phi) is 6.45. The van der Waals surface area contributed by atoms with Crippen LogP contribution in [0.25, 0.3) is 0 Å². The molecule has 7 heteroatoms. The van der Waals surface area contributed by atoms with Crippen LogP contribution < -0.4 is 14.8 Å². The second-order valence-electron chi connectivity index (χ2n) is 6.55. The molecule has 0 atom stereocenters. The first-order chi connectivity index (χ1) is 12.4. The summed E-state index contributed by atoms with van der Waals surface area (Å²) >= 11 is 0. The van der Waals surface area contributed by atoms with Gasteiger partial charge < -0.3 is 19.9 Å². The minimum absolute atomic E-state index is 0.320. The molecule has 0 saturated heterocycles. The highest BCUT2D eigenvalue weighted by Gasteiger charge is 2.42. The maximum Gasteiger partial charge on any atom is 0.329 e. The van der Waals surface area contributed by atoms with Gasteiger partial charge >= 0.3 is 5.97 Å². The lowest BCUT2D eigenvalue weighted by atomic mass is 9.75. The average Bonchev–Trinajstić information content (AvgIpc) is 2.66. The van der Waals surface area contributed by atoms with Crippen LogP contribution in [0.3, 0.4) is 0 Å². The van der Waals surface area contributed by atoms with Crippen molar-refractivity contribution in [3.63, 3.8) is 0 Å². The Morgan fingerprint density at radius 2 is 2.04 bits per heavy atom. The number of carboxylic acid groups (broad SMARTS) is 1. The molecule has 0 aromatic heterocycles. The number of benzene rings is 1. The first kappa shape index (κ1) is 19.6. The highest BCUT2D eigenvalue weighted by molar-refractivity contribution is 5.87. The van der Waals surface area contributed by atoms with Gasteiger partial charge in [-0.05, 0) is 43.7 Å². The standard InChI is InChI=1S/C19H24N2O5/c1-3-13-6-8-19(9-7-13,18(23)24)21-17(22)12-26-15-5-4-14(11-20)10-16(15)25-2/h4-5,10,13H,3,6-9,12H2,1-2H3,(H,21,22)(H,23,24). The molecule has 1 fully saturated rings. The predicted octanol–water partition coefficient (Wildman–Crippen LogP) is 2.49. The van der Waals surface area contributed by atoms with Crippen LogP contribution in [0, 0.1) is 17.2 Å². The summed E-state index contributed by atoms with van der Waals surface area (Å²) in [6.45, 7) is 1.77. The van der Waals surface area contributed by atoms with Crippen LogP contribution in [-0.2, 0) is 9.59 Å². The number of ether oxygens (including phenoxy) is 2. The Balaban J connectivity index is 1.99. The number of carbonyl (C=O) groups excluding carboxylic acids is 1. The van der Waals surface area contributed by atoms with E-state index < -0.39 is 17.4 Å². The Labute approximate surface area is 152 Å². The van der Waals surface area contributed by atoms with Gasteiger partial charge in [-0.1, -0.05) is 13.3 Å². The van der Waals surface area contributed by atoms with Gasteiger partial charge in [0, 0.05) is 6.07 Å². The first-order valence-corrected chi connectivity index (χ1v) is 8.69. The summed E-state index contributed by atoms with van der Waals surface area (Å²) in [7, 11) is 1.44. The molecule has 1 aromatic rings. The summed E-state index contributed by atoms with van der Waals surface area (Å²) in [5.74, 6) is -0.322. The molecule has 7 nitrogen and oxygen atoms in total. The number of rotatable bonds is 7. The summed E-state index contributed by atoms with van der Waals surface area (Å²) in [6, 6.07) is 6.61. The van der Waals surface area contributed by atoms with Crippen LogP contribution in [0.15, 0.2) is 18.2 Å². The molecule has 2 rings (SSSR count). The van der Waals surface area contributed by atoms with Crippen molar-refractivity contribution in [1.82, 2.24) is 5.32 Å². The van der Waals surface area contributed by atoms with Crippen molar-refractivity contribution in [1.29, 1.82) is 5.26 Å². The zero-order valence-electron chi connectivity index (χ0n) is 15.1. The molecule has 1 aliphatic rings. The summed E-state index contributed by atoms with van der Waals surface area (Å²) in [4.78, 5) is 24.0. The van der Waals surface area contributed by atoms with E-state index in [1.54, 1.807) is 12.1 Å². The predicted molar refractivity (Wildman–Crippen MR) is 94.0 cm³/mol. The van der Waals surface area contributed by atoms with Gasteiger partial charge in [0.2, 0.25) is 0 Å². The normalized spacial score (nSPS) is 22.1. The van der Waals surface area contributed by atoms with Crippen molar-refractivity contribution >= 4 is 11.9 Å². The van der Waals surface area contributed by atoms with E-state index in [1.165, 1.54) is 13.2 Å². The molecule has 0 spiro atoms. The van der Waals surface area contributed by atoms with Gasteiger partial charge in [0.15, 0.2) is 18.1 Å². The molecule has 1 amide bonds. The van der Waals surface area contributed by atoms with E-state index in [1.807, 2.05) is 6.07 Å². The summed E-state index contributed by atoms with van der Waals surface area (Å²) in [5.41, 5.74) is -0.808. The molecule has 1 saturated carbocycles. The molecule has 0 radical (unpaired) electrons. The number of nitrogens with one attached hydrogen (secondary N) is 1. The van der Waals surface area contributed by atoms with E-state index >= 15 is 0 Å². The van der Waals surface area contributed by atoms with Gasteiger partial charge in [0.1, 0.15) is 5.54 Å². The maximum absolute atomic E-state index is 12.3. The average molecular weight is 360 g/mol. The number of amides is 1. The number of nitriles is 1. The number of methoxy groups -OCH3 is 1. The lowest BCUT2D eigenvalue weighted by Gasteiger charge is -2.37. The van der Waals surface area contributed by atoms with E-state index in [0.717, 1.165) is 19.3 Å². The van der Waals surface area contributed by atoms with Crippen LogP contribution in [0.4, 0.5) is 0 Å². The van der Waals surface area contributed by atoms with Crippen LogP contribution in [0.5, 0.6) is 11.5 Å². The van der Waals surface area contributed by atoms with Crippen molar-refractivity contribution < 1.29 is 24.2 Å². The van der Waals surface area contributed by atoms with E-state index in [2.05, 4.69) is 12.2 Å². The fourth-order valence-corrected chi connectivity index (χ4v) is 3.27. The Morgan fingerprint density at radius 1 is 1.35 bits per heavy atom. The number of hydrogen-bond acceptors (Lipinski definition) is 5. The monoisotopic (exact) mass is 360 g/mol. The van der Waals surface area contributed by atoms with Crippen LogP contribution in [0.2, 0.25) is 0 Å². The SMILES string of the molecule is CCC1CCC(NC(=O)COc2ccc(C#N)cc2OC)(C(=O)O)CC1. The van der Waals surface area contributed by atoms with Gasteiger partial charge in [-0.25, -0.2) is 4.79 Å². The molecule has 1 aliphatic carbocycles. The third kappa shape index (κ3) is 4.45. The number of carbonyl (C=O) groups is 2. The number of nitrogens with zero attached hydrogens (tertiary/aromatic N) is 1. The molecule has 2 N–H and O–H groups in total. The molecule has 140 valence electrons. The van der Waals surface area contributed by atoms with Gasteiger partial charge in [-0.3, -0.25) is 4.79 Å². The Hall–Kier alpha value is -2.75. The minimum Gasteiger partial charge on any atom is -0.493 e. The smallest absolute Gasteiger partial charge is 0.329 e. The van der Waals surface area contributed by atoms with E-state index in [0.29, 0.717) is 35.8 Å². The molecule has 1 aromatic carbocycles. The Bertz CT molecular complexity index is 702. The van der Waals surface area contributed by atoms with Crippen molar-refractivity contribution in [2.24, 2.45) is 5.92 Å². The molecule has 26 heavy (non-hydrogen) atoms. The Morgan fingerprint density at radius 3 is 2.58 bits per heavy atom. The molecular weight excluding hydrogens is 336 g/mol. The van der Waals surface area contributed by atoms with Crippen LogP contribution >= 0.6 is 0 Å². The zero-order chi connectivity index (χ0) is 19.2. The van der Waals surface area contributed by atoms with Crippen LogP contribution in [0.1, 0.15) is 44.6 Å². The summed E-state index contributed by atoms with van der Waals surface area (Å²) in [5, 5.41) is 21.2. The van der Waals surface area contributed by atoms with Gasteiger partial charge in [0.25, 0.3) is 5.91 Å². The third-order valence-corrected chi connectivity index (χ3v) is 4.98. The topological polar surface area (TPSA) is 109 Å². The maximum atomic E-state index is 12.3. The molecule has 0 heterocycles. The fraction of sp³-hybridized carbons (Fsp3) is 0.526. The highest BCUT2D eigenvalue weighted by Crippen LogP contribution is 2.34. The molecule has 0 bridgehead atoms. The zero-order valence-corrected chi connectivity index (χ0v) is 15.1. The quantitative estimate of drug-likeness (QED) is 0.773. The number of aliphatic carboxylic acids is 1. The second-order valence-corrected chi connectivity index (χ2v) is 6.55. The van der Waals surface area contributed by atoms with Gasteiger partial charge in [0.05, 0.1) is 18.7 Å². The minimum atomic E-state index is -1.22. The van der Waals surface area contributed by atoms with Crippen molar-refractivity contribution in [3.8, 4) is 17.6 Å². The first-order valence-electron chi connectivity index (χ1n) is 8.69. The largest absolute Gasteiger partial charge is 0.493 e. The van der Waals surface area contributed by atoms with E-state index in [9.17, 15) is 14.7 Å². The number of carboxylic acids is 1. The van der Waals surface area contributed by atoms with E-state index in [-0.39, 0.29) is 6.61 Å². The molecule has 0 aliphatic heterocycles. The highest BCUT2D eigenvalue weighted by atomic mass is 16.5. The fourth-order valence-electron chi connectivity index (χ4n) is 3.27. The van der Waals surface area contributed by atoms with Gasteiger partial charge in [-0.15, -0.1) is 0 Å². The second kappa shape index (κ2) is 8.56.